The number of nitrogens with zero attached hydrogens (tertiary/aromatic N) is 4. The van der Waals surface area contributed by atoms with E-state index in [1.807, 2.05) is 0 Å². The molecule has 1 amide bonds. The zero-order valence-corrected chi connectivity index (χ0v) is 19.0. The normalized spacial score (nSPS) is 22.6. The summed E-state index contributed by atoms with van der Waals surface area (Å²) in [5.74, 6) is -1.14. The van der Waals surface area contributed by atoms with Gasteiger partial charge in [0.1, 0.15) is 0 Å². The van der Waals surface area contributed by atoms with Crippen LogP contribution in [-0.4, -0.2) is 64.2 Å². The molecule has 1 aromatic carbocycles. The smallest absolute Gasteiger partial charge is 0.389 e. The molecule has 1 aromatic heterocycles. The van der Waals surface area contributed by atoms with Gasteiger partial charge in [-0.15, -0.1) is 0 Å². The van der Waals surface area contributed by atoms with Crippen molar-refractivity contribution >= 4 is 11.9 Å². The SMILES string of the molecule is CN1C(=O)C(C2=CN(CCCC(F)(F)F)C(CO)C2)(c2cccc(-c3cccnc3F)c2)N=C1N. The van der Waals surface area contributed by atoms with E-state index in [1.165, 1.54) is 18.1 Å². The number of aliphatic hydroxyl groups is 1. The van der Waals surface area contributed by atoms with Gasteiger partial charge in [-0.1, -0.05) is 18.2 Å². The van der Waals surface area contributed by atoms with Gasteiger partial charge in [0.25, 0.3) is 5.91 Å². The van der Waals surface area contributed by atoms with Crippen LogP contribution in [0.2, 0.25) is 0 Å². The summed E-state index contributed by atoms with van der Waals surface area (Å²) < 4.78 is 52.4. The zero-order chi connectivity index (χ0) is 25.4. The molecule has 2 atom stereocenters. The first-order chi connectivity index (χ1) is 16.6. The minimum absolute atomic E-state index is 0.0232. The number of halogens is 4. The highest BCUT2D eigenvalue weighted by atomic mass is 19.4. The molecule has 3 N–H and O–H groups in total. The van der Waals surface area contributed by atoms with E-state index in [0.717, 1.165) is 0 Å². The summed E-state index contributed by atoms with van der Waals surface area (Å²) >= 11 is 0. The number of benzene rings is 1. The van der Waals surface area contributed by atoms with Gasteiger partial charge in [-0.3, -0.25) is 9.69 Å². The van der Waals surface area contributed by atoms with E-state index in [1.54, 1.807) is 47.5 Å². The first-order valence-electron chi connectivity index (χ1n) is 11.1. The van der Waals surface area contributed by atoms with Crippen LogP contribution in [0.15, 0.2) is 59.4 Å². The van der Waals surface area contributed by atoms with Crippen LogP contribution in [0.1, 0.15) is 24.8 Å². The van der Waals surface area contributed by atoms with Crippen molar-refractivity contribution in [3.63, 3.8) is 0 Å². The fraction of sp³-hybridized carbons (Fsp3) is 0.375. The number of aliphatic hydroxyl groups excluding tert-OH is 1. The van der Waals surface area contributed by atoms with Crippen molar-refractivity contribution in [2.45, 2.75) is 37.0 Å². The molecule has 35 heavy (non-hydrogen) atoms. The Labute approximate surface area is 199 Å². The summed E-state index contributed by atoms with van der Waals surface area (Å²) in [5.41, 5.74) is 6.07. The molecular formula is C24H25F4N5O2. The Morgan fingerprint density at radius 3 is 2.66 bits per heavy atom. The van der Waals surface area contributed by atoms with Crippen molar-refractivity contribution < 1.29 is 27.5 Å². The Bertz CT molecular complexity index is 1180. The number of aromatic nitrogens is 1. The number of rotatable bonds is 7. The standard InChI is InChI=1S/C24H25F4N5O2/c1-32-21(35)24(31-22(32)29,16-6-2-5-15(11-16)19-7-3-9-30-20(19)25)17-12-18(14-34)33(13-17)10-4-8-23(26,27)28/h2-3,5-7,9,11,13,18,34H,4,8,10,12,14H2,1H3,(H2,29,31). The largest absolute Gasteiger partial charge is 0.394 e. The number of pyridine rings is 1. The number of alkyl halides is 3. The molecular weight excluding hydrogens is 466 g/mol. The number of nitrogens with two attached hydrogens (primary N) is 1. The lowest BCUT2D eigenvalue weighted by Crippen LogP contribution is -2.41. The molecule has 0 radical (unpaired) electrons. The van der Waals surface area contributed by atoms with Crippen molar-refractivity contribution in [3.8, 4) is 11.1 Å². The third-order valence-corrected chi connectivity index (χ3v) is 6.39. The molecule has 11 heteroatoms. The molecule has 0 bridgehead atoms. The van der Waals surface area contributed by atoms with Gasteiger partial charge in [-0.25, -0.2) is 9.98 Å². The predicted molar refractivity (Wildman–Crippen MR) is 121 cm³/mol. The Morgan fingerprint density at radius 2 is 2.03 bits per heavy atom. The van der Waals surface area contributed by atoms with E-state index in [4.69, 9.17) is 5.73 Å². The average Bonchev–Trinajstić information content (AvgIpc) is 3.33. The Hall–Kier alpha value is -3.47. The van der Waals surface area contributed by atoms with Crippen molar-refractivity contribution in [1.29, 1.82) is 0 Å². The topological polar surface area (TPSA) is 95.0 Å². The third kappa shape index (κ3) is 4.60. The molecule has 4 rings (SSSR count). The maximum atomic E-state index is 14.4. The minimum atomic E-state index is -4.28. The predicted octanol–water partition coefficient (Wildman–Crippen LogP) is 3.16. The molecule has 0 saturated heterocycles. The van der Waals surface area contributed by atoms with Crippen molar-refractivity contribution in [2.24, 2.45) is 10.7 Å². The maximum absolute atomic E-state index is 14.4. The summed E-state index contributed by atoms with van der Waals surface area (Å²) in [6, 6.07) is 9.29. The molecule has 7 nitrogen and oxygen atoms in total. The van der Waals surface area contributed by atoms with Gasteiger partial charge < -0.3 is 15.7 Å². The van der Waals surface area contributed by atoms with Crippen LogP contribution in [0.4, 0.5) is 17.6 Å². The van der Waals surface area contributed by atoms with Crippen molar-refractivity contribution in [1.82, 2.24) is 14.8 Å². The summed E-state index contributed by atoms with van der Waals surface area (Å²) in [4.78, 5) is 24.6. The van der Waals surface area contributed by atoms with E-state index in [9.17, 15) is 27.5 Å². The molecule has 0 saturated carbocycles. The average molecular weight is 491 g/mol. The Morgan fingerprint density at radius 1 is 1.26 bits per heavy atom. The maximum Gasteiger partial charge on any atom is 0.389 e. The Balaban J connectivity index is 1.77. The Kier molecular flexibility index (Phi) is 6.54. The van der Waals surface area contributed by atoms with Gasteiger partial charge in [0, 0.05) is 38.0 Å². The van der Waals surface area contributed by atoms with Crippen molar-refractivity contribution in [2.75, 3.05) is 20.2 Å². The van der Waals surface area contributed by atoms with Crippen LogP contribution >= 0.6 is 0 Å². The second kappa shape index (κ2) is 9.29. The second-order valence-corrected chi connectivity index (χ2v) is 8.62. The number of carbonyl (C=O) groups excluding carboxylic acids is 1. The number of guanidine groups is 1. The van der Waals surface area contributed by atoms with Gasteiger partial charge >= 0.3 is 6.18 Å². The number of likely N-dealkylation sites (N-methyl/N-ethyl adjacent to an activating group) is 1. The first kappa shape index (κ1) is 24.6. The number of aliphatic imine (C=N–C) groups is 1. The number of amides is 1. The highest BCUT2D eigenvalue weighted by Gasteiger charge is 2.53. The zero-order valence-electron chi connectivity index (χ0n) is 19.0. The van der Waals surface area contributed by atoms with Gasteiger partial charge in [0.15, 0.2) is 11.5 Å². The molecule has 2 aromatic rings. The van der Waals surface area contributed by atoms with Crippen LogP contribution in [0.3, 0.4) is 0 Å². The molecule has 0 aliphatic carbocycles. The monoisotopic (exact) mass is 491 g/mol. The molecule has 0 fully saturated rings. The summed E-state index contributed by atoms with van der Waals surface area (Å²) in [7, 11) is 1.48. The lowest BCUT2D eigenvalue weighted by molar-refractivity contribution is -0.136. The molecule has 3 heterocycles. The van der Waals surface area contributed by atoms with Crippen molar-refractivity contribution in [3.05, 3.63) is 65.9 Å². The first-order valence-corrected chi connectivity index (χ1v) is 11.1. The van der Waals surface area contributed by atoms with Gasteiger partial charge in [0.05, 0.1) is 12.6 Å². The lowest BCUT2D eigenvalue weighted by Gasteiger charge is -2.27. The minimum Gasteiger partial charge on any atom is -0.394 e. The van der Waals surface area contributed by atoms with Crippen LogP contribution < -0.4 is 5.73 Å². The summed E-state index contributed by atoms with van der Waals surface area (Å²) in [5, 5.41) is 9.90. The van der Waals surface area contributed by atoms with Crippen LogP contribution in [0.5, 0.6) is 0 Å². The van der Waals surface area contributed by atoms with E-state index in [-0.39, 0.29) is 37.5 Å². The highest BCUT2D eigenvalue weighted by Crippen LogP contribution is 2.45. The fourth-order valence-electron chi connectivity index (χ4n) is 4.59. The molecule has 0 spiro atoms. The number of hydrogen-bond acceptors (Lipinski definition) is 6. The number of hydrogen-bond donors (Lipinski definition) is 2. The molecule has 2 unspecified atom stereocenters. The fourth-order valence-corrected chi connectivity index (χ4v) is 4.59. The molecule has 186 valence electrons. The van der Waals surface area contributed by atoms with E-state index in [2.05, 4.69) is 9.98 Å². The van der Waals surface area contributed by atoms with Crippen LogP contribution in [0.25, 0.3) is 11.1 Å². The van der Waals surface area contributed by atoms with Gasteiger partial charge in [-0.05, 0) is 47.7 Å². The summed E-state index contributed by atoms with van der Waals surface area (Å²) in [6.07, 6.45) is -2.27. The number of carbonyl (C=O) groups is 1. The third-order valence-electron chi connectivity index (χ3n) is 6.39. The van der Waals surface area contributed by atoms with E-state index < -0.39 is 36.0 Å². The van der Waals surface area contributed by atoms with Gasteiger partial charge in [0.2, 0.25) is 5.95 Å². The van der Waals surface area contributed by atoms with Gasteiger partial charge in [-0.2, -0.15) is 17.6 Å². The van der Waals surface area contributed by atoms with Crippen LogP contribution in [-0.2, 0) is 10.3 Å². The molecule has 2 aliphatic heterocycles. The second-order valence-electron chi connectivity index (χ2n) is 8.62. The van der Waals surface area contributed by atoms with E-state index >= 15 is 0 Å². The van der Waals surface area contributed by atoms with E-state index in [0.29, 0.717) is 16.7 Å². The molecule has 2 aliphatic rings. The summed E-state index contributed by atoms with van der Waals surface area (Å²) in [6.45, 7) is -0.263. The lowest BCUT2D eigenvalue weighted by atomic mass is 9.80. The highest BCUT2D eigenvalue weighted by molar-refractivity contribution is 6.09. The van der Waals surface area contributed by atoms with Crippen LogP contribution in [0, 0.1) is 5.95 Å². The quantitative estimate of drug-likeness (QED) is 0.458.